The lowest BCUT2D eigenvalue weighted by Crippen LogP contribution is -2.10. The van der Waals surface area contributed by atoms with E-state index >= 15 is 0 Å². The fourth-order valence-electron chi connectivity index (χ4n) is 1.44. The van der Waals surface area contributed by atoms with Crippen LogP contribution in [0.5, 0.6) is 11.5 Å². The van der Waals surface area contributed by atoms with Gasteiger partial charge in [0.15, 0.2) is 11.5 Å². The van der Waals surface area contributed by atoms with E-state index in [1.165, 1.54) is 0 Å². The molecule has 0 unspecified atom stereocenters. The molecule has 0 spiro atoms. The Hall–Kier alpha value is -1.42. The molecule has 0 saturated carbocycles. The summed E-state index contributed by atoms with van der Waals surface area (Å²) in [6.45, 7) is 6.54. The second-order valence-corrected chi connectivity index (χ2v) is 3.96. The van der Waals surface area contributed by atoms with Crippen LogP contribution in [0.2, 0.25) is 5.02 Å². The minimum atomic E-state index is -0.0716. The Bertz CT molecular complexity index is 421. The van der Waals surface area contributed by atoms with Crippen molar-refractivity contribution in [3.05, 3.63) is 17.2 Å². The summed E-state index contributed by atoms with van der Waals surface area (Å²) in [5.74, 6) is 0.978. The van der Waals surface area contributed by atoms with Gasteiger partial charge in [0.25, 0.3) is 0 Å². The fraction of sp³-hybridized carbons (Fsp3) is 0.462. The Morgan fingerprint density at radius 3 is 2.44 bits per heavy atom. The lowest BCUT2D eigenvalue weighted by molar-refractivity contribution is -0.115. The van der Waals surface area contributed by atoms with Crippen molar-refractivity contribution in [2.45, 2.75) is 27.2 Å². The highest BCUT2D eigenvalue weighted by atomic mass is 35.5. The van der Waals surface area contributed by atoms with Crippen molar-refractivity contribution in [2.24, 2.45) is 0 Å². The third-order valence-corrected chi connectivity index (χ3v) is 2.48. The quantitative estimate of drug-likeness (QED) is 0.862. The molecule has 1 amide bonds. The number of nitrogens with one attached hydrogen (secondary N) is 1. The van der Waals surface area contributed by atoms with Crippen molar-refractivity contribution < 1.29 is 14.3 Å². The predicted molar refractivity (Wildman–Crippen MR) is 72.7 cm³/mol. The number of hydrogen-bond acceptors (Lipinski definition) is 3. The van der Waals surface area contributed by atoms with Gasteiger partial charge in [-0.3, -0.25) is 4.79 Å². The summed E-state index contributed by atoms with van der Waals surface area (Å²) in [5, 5.41) is 3.17. The van der Waals surface area contributed by atoms with Gasteiger partial charge in [-0.25, -0.2) is 0 Å². The Morgan fingerprint density at radius 1 is 1.22 bits per heavy atom. The van der Waals surface area contributed by atoms with Crippen molar-refractivity contribution >= 4 is 23.2 Å². The molecule has 0 aromatic heterocycles. The number of amides is 1. The van der Waals surface area contributed by atoms with Crippen LogP contribution >= 0.6 is 11.6 Å². The maximum absolute atomic E-state index is 11.3. The summed E-state index contributed by atoms with van der Waals surface area (Å²) < 4.78 is 10.9. The highest BCUT2D eigenvalue weighted by Gasteiger charge is 2.13. The lowest BCUT2D eigenvalue weighted by atomic mass is 10.2. The van der Waals surface area contributed by atoms with E-state index in [1.54, 1.807) is 19.1 Å². The van der Waals surface area contributed by atoms with Crippen molar-refractivity contribution in [1.82, 2.24) is 0 Å². The lowest BCUT2D eigenvalue weighted by Gasteiger charge is -2.14. The number of hydrogen-bond donors (Lipinski definition) is 1. The van der Waals surface area contributed by atoms with Gasteiger partial charge < -0.3 is 14.8 Å². The van der Waals surface area contributed by atoms with Crippen LogP contribution in [-0.4, -0.2) is 19.1 Å². The summed E-state index contributed by atoms with van der Waals surface area (Å²) in [4.78, 5) is 11.3. The van der Waals surface area contributed by atoms with E-state index in [9.17, 15) is 4.79 Å². The largest absolute Gasteiger partial charge is 0.490 e. The molecule has 0 aliphatic carbocycles. The molecule has 1 aromatic carbocycles. The predicted octanol–water partition coefficient (Wildman–Crippen LogP) is 3.49. The van der Waals surface area contributed by atoms with E-state index in [0.717, 1.165) is 0 Å². The number of rotatable bonds is 6. The van der Waals surface area contributed by atoms with Gasteiger partial charge in [0.05, 0.1) is 18.2 Å². The first-order valence-corrected chi connectivity index (χ1v) is 6.39. The zero-order chi connectivity index (χ0) is 13.5. The number of benzene rings is 1. The van der Waals surface area contributed by atoms with E-state index in [4.69, 9.17) is 21.1 Å². The molecule has 1 N–H and O–H groups in total. The summed E-state index contributed by atoms with van der Waals surface area (Å²) in [5.41, 5.74) is 0.610. The van der Waals surface area contributed by atoms with Crippen molar-refractivity contribution in [1.29, 1.82) is 0 Å². The normalized spacial score (nSPS) is 10.0. The van der Waals surface area contributed by atoms with E-state index in [0.29, 0.717) is 41.8 Å². The first kappa shape index (κ1) is 14.6. The maximum Gasteiger partial charge on any atom is 0.224 e. The first-order chi connectivity index (χ1) is 8.62. The topological polar surface area (TPSA) is 47.6 Å². The summed E-state index contributed by atoms with van der Waals surface area (Å²) in [6.07, 6.45) is 0.412. The molecule has 0 aliphatic rings. The second kappa shape index (κ2) is 7.11. The molecular formula is C13H18ClNO3. The van der Waals surface area contributed by atoms with Gasteiger partial charge in [0.1, 0.15) is 0 Å². The minimum Gasteiger partial charge on any atom is -0.490 e. The van der Waals surface area contributed by atoms with Gasteiger partial charge in [-0.05, 0) is 19.9 Å². The van der Waals surface area contributed by atoms with Crippen LogP contribution in [0.1, 0.15) is 27.2 Å². The monoisotopic (exact) mass is 271 g/mol. The standard InChI is InChI=1S/C13H18ClNO3/c1-4-12(16)15-9-7-10(14)13(18-6-3)11(8-9)17-5-2/h7-8H,4-6H2,1-3H3,(H,15,16). The van der Waals surface area contributed by atoms with Crippen LogP contribution in [-0.2, 0) is 4.79 Å². The van der Waals surface area contributed by atoms with Crippen LogP contribution in [0.25, 0.3) is 0 Å². The summed E-state index contributed by atoms with van der Waals surface area (Å²) in [7, 11) is 0. The van der Waals surface area contributed by atoms with Crippen molar-refractivity contribution in [3.63, 3.8) is 0 Å². The maximum atomic E-state index is 11.3. The van der Waals surface area contributed by atoms with Crippen LogP contribution < -0.4 is 14.8 Å². The average molecular weight is 272 g/mol. The Kier molecular flexibility index (Phi) is 5.78. The SMILES string of the molecule is CCOc1cc(NC(=O)CC)cc(Cl)c1OCC. The van der Waals surface area contributed by atoms with E-state index in [2.05, 4.69) is 5.32 Å². The number of anilines is 1. The van der Waals surface area contributed by atoms with Gasteiger partial charge in [-0.2, -0.15) is 0 Å². The molecular weight excluding hydrogens is 254 g/mol. The first-order valence-electron chi connectivity index (χ1n) is 6.01. The van der Waals surface area contributed by atoms with Gasteiger partial charge >= 0.3 is 0 Å². The molecule has 1 aromatic rings. The summed E-state index contributed by atoms with van der Waals surface area (Å²) in [6, 6.07) is 3.37. The average Bonchev–Trinajstić information content (AvgIpc) is 2.34. The van der Waals surface area contributed by atoms with Crippen LogP contribution in [0.15, 0.2) is 12.1 Å². The molecule has 0 heterocycles. The second-order valence-electron chi connectivity index (χ2n) is 3.55. The number of halogens is 1. The van der Waals surface area contributed by atoms with Crippen molar-refractivity contribution in [3.8, 4) is 11.5 Å². The molecule has 0 radical (unpaired) electrons. The number of carbonyl (C=O) groups excluding carboxylic acids is 1. The van der Waals surface area contributed by atoms with Gasteiger partial charge in [0.2, 0.25) is 5.91 Å². The summed E-state index contributed by atoms with van der Waals surface area (Å²) >= 11 is 6.12. The zero-order valence-electron chi connectivity index (χ0n) is 10.9. The molecule has 0 aliphatic heterocycles. The number of carbonyl (C=O) groups is 1. The molecule has 0 fully saturated rings. The van der Waals surface area contributed by atoms with E-state index < -0.39 is 0 Å². The molecule has 0 bridgehead atoms. The Labute approximate surface area is 112 Å². The molecule has 5 heteroatoms. The van der Waals surface area contributed by atoms with E-state index in [-0.39, 0.29) is 5.91 Å². The van der Waals surface area contributed by atoms with Crippen LogP contribution in [0, 0.1) is 0 Å². The van der Waals surface area contributed by atoms with Crippen LogP contribution in [0.4, 0.5) is 5.69 Å². The fourth-order valence-corrected chi connectivity index (χ4v) is 1.70. The highest BCUT2D eigenvalue weighted by Crippen LogP contribution is 2.38. The smallest absolute Gasteiger partial charge is 0.224 e. The van der Waals surface area contributed by atoms with E-state index in [1.807, 2.05) is 13.8 Å². The zero-order valence-corrected chi connectivity index (χ0v) is 11.6. The molecule has 0 atom stereocenters. The highest BCUT2D eigenvalue weighted by molar-refractivity contribution is 6.32. The third-order valence-electron chi connectivity index (χ3n) is 2.20. The van der Waals surface area contributed by atoms with Gasteiger partial charge in [-0.15, -0.1) is 0 Å². The third kappa shape index (κ3) is 3.81. The van der Waals surface area contributed by atoms with Crippen molar-refractivity contribution in [2.75, 3.05) is 18.5 Å². The molecule has 18 heavy (non-hydrogen) atoms. The Balaban J connectivity index is 3.05. The molecule has 4 nitrogen and oxygen atoms in total. The minimum absolute atomic E-state index is 0.0716. The van der Waals surface area contributed by atoms with Gasteiger partial charge in [0, 0.05) is 18.2 Å². The Morgan fingerprint density at radius 2 is 1.89 bits per heavy atom. The molecule has 1 rings (SSSR count). The van der Waals surface area contributed by atoms with Crippen LogP contribution in [0.3, 0.4) is 0 Å². The number of ether oxygens (including phenoxy) is 2. The molecule has 100 valence electrons. The van der Waals surface area contributed by atoms with Gasteiger partial charge in [-0.1, -0.05) is 18.5 Å². The molecule has 0 saturated heterocycles.